The van der Waals surface area contributed by atoms with Gasteiger partial charge in [-0.05, 0) is 60.8 Å². The fraction of sp³-hybridized carbons (Fsp3) is 0.560. The van der Waals surface area contributed by atoms with Gasteiger partial charge < -0.3 is 9.84 Å². The van der Waals surface area contributed by atoms with Crippen molar-refractivity contribution in [2.75, 3.05) is 0 Å². The summed E-state index contributed by atoms with van der Waals surface area (Å²) in [6.45, 7) is -0.749. The summed E-state index contributed by atoms with van der Waals surface area (Å²) in [4.78, 5) is 11.3. The van der Waals surface area contributed by atoms with E-state index in [1.165, 1.54) is 50.0 Å². The van der Waals surface area contributed by atoms with Crippen LogP contribution >= 0.6 is 0 Å². The van der Waals surface area contributed by atoms with Crippen LogP contribution in [0.3, 0.4) is 0 Å². The summed E-state index contributed by atoms with van der Waals surface area (Å²) < 4.78 is 31.9. The molecule has 164 valence electrons. The molecule has 3 rings (SSSR count). The smallest absolute Gasteiger partial charge is 0.346 e. The second kappa shape index (κ2) is 10.3. The quantitative estimate of drug-likeness (QED) is 0.354. The molecule has 0 amide bonds. The molecule has 0 aliphatic heterocycles. The van der Waals surface area contributed by atoms with E-state index in [0.29, 0.717) is 11.5 Å². The summed E-state index contributed by atoms with van der Waals surface area (Å²) in [5, 5.41) is 9.23. The summed E-state index contributed by atoms with van der Waals surface area (Å²) in [5.41, 5.74) is 0.290. The van der Waals surface area contributed by atoms with Crippen LogP contribution in [0.4, 0.5) is 8.78 Å². The van der Waals surface area contributed by atoms with Crippen LogP contribution in [0, 0.1) is 11.8 Å². The molecular formula is C25H32F2O3. The first kappa shape index (κ1) is 22.7. The van der Waals surface area contributed by atoms with Gasteiger partial charge in [-0.15, -0.1) is 0 Å². The van der Waals surface area contributed by atoms with Gasteiger partial charge in [-0.25, -0.2) is 0 Å². The monoisotopic (exact) mass is 418 g/mol. The van der Waals surface area contributed by atoms with Gasteiger partial charge in [-0.3, -0.25) is 4.79 Å². The number of aliphatic carboxylic acids is 1. The Hall–Kier alpha value is -2.01. The van der Waals surface area contributed by atoms with E-state index >= 15 is 0 Å². The maximum absolute atomic E-state index is 13.4. The molecule has 0 aromatic heterocycles. The van der Waals surface area contributed by atoms with Crippen LogP contribution in [0.5, 0.6) is 0 Å². The fourth-order valence-electron chi connectivity index (χ4n) is 4.90. The first-order chi connectivity index (χ1) is 14.4. The van der Waals surface area contributed by atoms with Crippen LogP contribution < -0.4 is 0 Å². The van der Waals surface area contributed by atoms with Crippen molar-refractivity contribution >= 4 is 5.97 Å². The number of carbonyl (C=O) groups is 1. The third kappa shape index (κ3) is 5.37. The molecule has 5 heteroatoms. The number of halogens is 2. The number of carboxylic acid groups (broad SMARTS) is 1. The number of rotatable bonds is 9. The molecule has 2 aliphatic carbocycles. The van der Waals surface area contributed by atoms with Gasteiger partial charge in [0.1, 0.15) is 5.60 Å². The molecule has 1 saturated carbocycles. The number of unbranched alkanes of at least 4 members (excludes halogenated alkanes) is 2. The van der Waals surface area contributed by atoms with Crippen molar-refractivity contribution in [1.82, 2.24) is 0 Å². The first-order valence-corrected chi connectivity index (χ1v) is 11.1. The lowest BCUT2D eigenvalue weighted by Gasteiger charge is -2.36. The van der Waals surface area contributed by atoms with E-state index in [0.717, 1.165) is 37.2 Å². The fourth-order valence-corrected chi connectivity index (χ4v) is 4.90. The molecule has 0 bridgehead atoms. The van der Waals surface area contributed by atoms with E-state index in [-0.39, 0.29) is 0 Å². The van der Waals surface area contributed by atoms with Crippen molar-refractivity contribution in [2.24, 2.45) is 11.8 Å². The number of alkyl halides is 2. The lowest BCUT2D eigenvalue weighted by Crippen LogP contribution is -2.32. The van der Waals surface area contributed by atoms with Gasteiger partial charge in [0.25, 0.3) is 0 Å². The summed E-state index contributed by atoms with van der Waals surface area (Å²) in [6.07, 6.45) is 15.3. The third-order valence-corrected chi connectivity index (χ3v) is 6.56. The van der Waals surface area contributed by atoms with Crippen molar-refractivity contribution in [2.45, 2.75) is 76.4 Å². The number of hydrogen-bond donors (Lipinski definition) is 1. The van der Waals surface area contributed by atoms with E-state index in [2.05, 4.69) is 6.92 Å². The topological polar surface area (TPSA) is 46.5 Å². The van der Waals surface area contributed by atoms with Crippen LogP contribution in [-0.2, 0) is 15.1 Å². The van der Waals surface area contributed by atoms with Crippen LogP contribution in [-0.4, -0.2) is 17.7 Å². The molecule has 3 nitrogen and oxygen atoms in total. The molecule has 0 unspecified atom stereocenters. The Bertz CT molecular complexity index is 749. The maximum atomic E-state index is 13.4. The summed E-state index contributed by atoms with van der Waals surface area (Å²) in [5.74, 6) is -0.772. The van der Waals surface area contributed by atoms with Crippen molar-refractivity contribution in [3.8, 4) is 0 Å². The molecule has 1 aromatic carbocycles. The summed E-state index contributed by atoms with van der Waals surface area (Å²) in [7, 11) is 0. The van der Waals surface area contributed by atoms with Gasteiger partial charge in [0.15, 0.2) is 0 Å². The van der Waals surface area contributed by atoms with Gasteiger partial charge in [-0.1, -0.05) is 69.0 Å². The van der Waals surface area contributed by atoms with Crippen LogP contribution in [0.15, 0.2) is 48.6 Å². The van der Waals surface area contributed by atoms with Crippen molar-refractivity contribution < 1.29 is 23.4 Å². The van der Waals surface area contributed by atoms with Crippen molar-refractivity contribution in [1.29, 1.82) is 0 Å². The van der Waals surface area contributed by atoms with Crippen molar-refractivity contribution in [3.05, 3.63) is 59.7 Å². The summed E-state index contributed by atoms with van der Waals surface area (Å²) >= 11 is 0. The van der Waals surface area contributed by atoms with Gasteiger partial charge >= 0.3 is 12.6 Å². The summed E-state index contributed by atoms with van der Waals surface area (Å²) in [6, 6.07) is 7.62. The zero-order valence-electron chi connectivity index (χ0n) is 17.6. The van der Waals surface area contributed by atoms with Gasteiger partial charge in [-0.2, -0.15) is 8.78 Å². The number of hydrogen-bond acceptors (Lipinski definition) is 2. The highest BCUT2D eigenvalue weighted by Gasteiger charge is 2.38. The Labute approximate surface area is 177 Å². The molecule has 0 saturated heterocycles. The Morgan fingerprint density at radius 2 is 1.80 bits per heavy atom. The van der Waals surface area contributed by atoms with Crippen LogP contribution in [0.1, 0.15) is 75.3 Å². The van der Waals surface area contributed by atoms with E-state index in [1.54, 1.807) is 0 Å². The molecule has 1 fully saturated rings. The highest BCUT2D eigenvalue weighted by Crippen LogP contribution is 2.44. The zero-order valence-corrected chi connectivity index (χ0v) is 17.6. The average Bonchev–Trinajstić information content (AvgIpc) is 2.74. The molecule has 2 aliphatic rings. The normalized spacial score (nSPS) is 28.7. The molecule has 0 atom stereocenters. The third-order valence-electron chi connectivity index (χ3n) is 6.56. The molecule has 0 heterocycles. The number of ether oxygens (including phenoxy) is 1. The molecule has 30 heavy (non-hydrogen) atoms. The standard InChI is InChI=1S/C25H32F2O3/c1-2-3-4-7-18-10-12-19(13-11-18)21-8-5-6-9-22(21)25(30-24(26)27)16-14-20(15-17-25)23(28)29/h5-6,8-9,14-20,24H,2-4,7,10-13H2,1H3,(H,28,29). The zero-order chi connectivity index (χ0) is 21.6. The Morgan fingerprint density at radius 3 is 2.40 bits per heavy atom. The minimum atomic E-state index is -2.97. The Morgan fingerprint density at radius 1 is 1.13 bits per heavy atom. The SMILES string of the molecule is CCCCCC1CCC(c2ccccc2C2(OC(F)F)C=CC(C(=O)O)C=C2)CC1. The van der Waals surface area contributed by atoms with Crippen molar-refractivity contribution in [3.63, 3.8) is 0 Å². The van der Waals surface area contributed by atoms with Crippen LogP contribution in [0.25, 0.3) is 0 Å². The predicted molar refractivity (Wildman–Crippen MR) is 113 cm³/mol. The molecule has 0 radical (unpaired) electrons. The Kier molecular flexibility index (Phi) is 7.81. The highest BCUT2D eigenvalue weighted by atomic mass is 19.3. The van der Waals surface area contributed by atoms with Gasteiger partial charge in [0, 0.05) is 0 Å². The second-order valence-electron chi connectivity index (χ2n) is 8.55. The van der Waals surface area contributed by atoms with E-state index in [1.807, 2.05) is 24.3 Å². The average molecular weight is 419 g/mol. The van der Waals surface area contributed by atoms with E-state index in [9.17, 15) is 18.7 Å². The lowest BCUT2D eigenvalue weighted by molar-refractivity contribution is -0.180. The lowest BCUT2D eigenvalue weighted by atomic mass is 9.73. The van der Waals surface area contributed by atoms with Gasteiger partial charge in [0.2, 0.25) is 0 Å². The molecule has 0 spiro atoms. The van der Waals surface area contributed by atoms with E-state index in [4.69, 9.17) is 4.74 Å². The molecule has 1 N–H and O–H groups in total. The number of carboxylic acids is 1. The predicted octanol–water partition coefficient (Wildman–Crippen LogP) is 6.80. The highest BCUT2D eigenvalue weighted by molar-refractivity contribution is 5.75. The maximum Gasteiger partial charge on any atom is 0.346 e. The second-order valence-corrected chi connectivity index (χ2v) is 8.55. The van der Waals surface area contributed by atoms with Crippen LogP contribution in [0.2, 0.25) is 0 Å². The molecule has 1 aromatic rings. The largest absolute Gasteiger partial charge is 0.481 e. The number of benzene rings is 1. The first-order valence-electron chi connectivity index (χ1n) is 11.1. The minimum absolute atomic E-state index is 0.306. The van der Waals surface area contributed by atoms with Gasteiger partial charge in [0.05, 0.1) is 5.92 Å². The molecular weight excluding hydrogens is 386 g/mol. The Balaban J connectivity index is 1.82. The minimum Gasteiger partial charge on any atom is -0.481 e. The van der Waals surface area contributed by atoms with E-state index < -0.39 is 24.1 Å².